The molecule has 2 saturated carbocycles. The van der Waals surface area contributed by atoms with E-state index in [-0.39, 0.29) is 36.0 Å². The molecule has 7 nitrogen and oxygen atoms in total. The molecule has 4 fully saturated rings. The van der Waals surface area contributed by atoms with Gasteiger partial charge in [0.1, 0.15) is 5.82 Å². The van der Waals surface area contributed by atoms with E-state index in [9.17, 15) is 14.3 Å². The van der Waals surface area contributed by atoms with Crippen LogP contribution >= 0.6 is 0 Å². The highest BCUT2D eigenvalue weighted by Crippen LogP contribution is 2.59. The van der Waals surface area contributed by atoms with E-state index in [2.05, 4.69) is 4.98 Å². The Kier molecular flexibility index (Phi) is 4.29. The first-order valence-corrected chi connectivity index (χ1v) is 11.1. The van der Waals surface area contributed by atoms with Gasteiger partial charge in [0.15, 0.2) is 6.61 Å². The normalized spacial score (nSPS) is 34.0. The number of benzene rings is 1. The molecule has 8 heteroatoms. The van der Waals surface area contributed by atoms with Crippen LogP contribution in [0.5, 0.6) is 0 Å². The topological polar surface area (TPSA) is 87.8 Å². The summed E-state index contributed by atoms with van der Waals surface area (Å²) in [5, 5.41) is 22.4. The Hall–Kier alpha value is -2.29. The number of carboxylic acids is 1. The molecule has 4 heterocycles. The van der Waals surface area contributed by atoms with Crippen LogP contribution in [-0.2, 0) is 9.63 Å². The molecule has 7 rings (SSSR count). The summed E-state index contributed by atoms with van der Waals surface area (Å²) >= 11 is 0. The van der Waals surface area contributed by atoms with Gasteiger partial charge in [-0.15, -0.1) is 0 Å². The summed E-state index contributed by atoms with van der Waals surface area (Å²) in [6, 6.07) is 5.13. The maximum Gasteiger partial charge on any atom is 0.331 e. The summed E-state index contributed by atoms with van der Waals surface area (Å²) in [6.07, 6.45) is 7.87. The van der Waals surface area contributed by atoms with Crippen LogP contribution in [0, 0.1) is 17.2 Å². The van der Waals surface area contributed by atoms with E-state index in [1.54, 1.807) is 18.6 Å². The van der Waals surface area contributed by atoms with Crippen molar-refractivity contribution in [3.8, 4) is 11.3 Å². The molecule has 5 aliphatic rings. The summed E-state index contributed by atoms with van der Waals surface area (Å²) in [6.45, 7) is -0.325. The molecule has 4 bridgehead atoms. The van der Waals surface area contributed by atoms with E-state index in [0.29, 0.717) is 17.9 Å². The number of aliphatic hydroxyl groups is 1. The number of halogens is 1. The first-order valence-electron chi connectivity index (χ1n) is 11.1. The van der Waals surface area contributed by atoms with Gasteiger partial charge in [-0.1, -0.05) is 12.1 Å². The van der Waals surface area contributed by atoms with E-state index in [1.807, 2.05) is 15.7 Å². The average molecular weight is 427 g/mol. The van der Waals surface area contributed by atoms with Crippen LogP contribution in [-0.4, -0.2) is 55.6 Å². The first kappa shape index (κ1) is 19.4. The van der Waals surface area contributed by atoms with Crippen molar-refractivity contribution in [1.82, 2.24) is 14.6 Å². The molecular formula is C23H26FN3O4. The Bertz CT molecular complexity index is 1020. The van der Waals surface area contributed by atoms with Crippen molar-refractivity contribution in [2.75, 3.05) is 6.61 Å². The number of aromatic nitrogens is 2. The standard InChI is InChI=1S/C23H26FN3O4/c24-17-3-1-2-16-19-10-25-12-26(19)18(22(16)17)6-20(28)23-7-13-4-14(8-23)27(15(5-13)9-23)31-11-21(29)30/h1-3,10,12-15,18,20,28H,4-9,11H2,(H,29,30). The van der Waals surface area contributed by atoms with Gasteiger partial charge in [0.25, 0.3) is 0 Å². The van der Waals surface area contributed by atoms with Crippen LogP contribution in [0.15, 0.2) is 30.7 Å². The van der Waals surface area contributed by atoms with Gasteiger partial charge in [-0.25, -0.2) is 14.2 Å². The number of hydroxylamine groups is 2. The Labute approximate surface area is 179 Å². The number of carboxylic acid groups (broad SMARTS) is 1. The summed E-state index contributed by atoms with van der Waals surface area (Å²) < 4.78 is 16.8. The summed E-state index contributed by atoms with van der Waals surface area (Å²) in [7, 11) is 0. The van der Waals surface area contributed by atoms with Crippen LogP contribution in [0.25, 0.3) is 11.3 Å². The number of nitrogens with zero attached hydrogens (tertiary/aromatic N) is 3. The fourth-order valence-electron chi connectivity index (χ4n) is 7.09. The largest absolute Gasteiger partial charge is 0.479 e. The molecule has 4 atom stereocenters. The maximum absolute atomic E-state index is 14.8. The van der Waals surface area contributed by atoms with Crippen molar-refractivity contribution in [3.05, 3.63) is 42.1 Å². The van der Waals surface area contributed by atoms with E-state index in [4.69, 9.17) is 9.94 Å². The number of aliphatic hydroxyl groups excluding tert-OH is 1. The summed E-state index contributed by atoms with van der Waals surface area (Å²) in [5.74, 6) is -0.688. The monoisotopic (exact) mass is 427 g/mol. The minimum atomic E-state index is -0.971. The molecule has 0 amide bonds. The first-order chi connectivity index (χ1) is 14.9. The fourth-order valence-corrected chi connectivity index (χ4v) is 7.09. The van der Waals surface area contributed by atoms with Crippen LogP contribution in [0.3, 0.4) is 0 Å². The minimum Gasteiger partial charge on any atom is -0.479 e. The van der Waals surface area contributed by atoms with Crippen LogP contribution in [0.4, 0.5) is 4.39 Å². The third kappa shape index (κ3) is 2.88. The Morgan fingerprint density at radius 1 is 1.29 bits per heavy atom. The number of carbonyl (C=O) groups is 1. The second-order valence-corrected chi connectivity index (χ2v) is 9.80. The molecule has 2 aromatic rings. The predicted molar refractivity (Wildman–Crippen MR) is 108 cm³/mol. The van der Waals surface area contributed by atoms with Crippen molar-refractivity contribution in [2.45, 2.75) is 62.8 Å². The Morgan fingerprint density at radius 3 is 2.81 bits per heavy atom. The lowest BCUT2D eigenvalue weighted by atomic mass is 9.53. The molecule has 2 N–H and O–H groups in total. The molecule has 1 aromatic carbocycles. The highest BCUT2D eigenvalue weighted by Gasteiger charge is 2.58. The van der Waals surface area contributed by atoms with Gasteiger partial charge in [-0.05, 0) is 55.9 Å². The number of hydrogen-bond donors (Lipinski definition) is 2. The molecule has 31 heavy (non-hydrogen) atoms. The van der Waals surface area contributed by atoms with Gasteiger partial charge in [-0.3, -0.25) is 4.84 Å². The second kappa shape index (κ2) is 6.85. The molecule has 3 aliphatic heterocycles. The van der Waals surface area contributed by atoms with Crippen LogP contribution < -0.4 is 0 Å². The minimum absolute atomic E-state index is 0.136. The zero-order chi connectivity index (χ0) is 21.3. The van der Waals surface area contributed by atoms with Crippen LogP contribution in [0.2, 0.25) is 0 Å². The van der Waals surface area contributed by atoms with Gasteiger partial charge < -0.3 is 14.8 Å². The summed E-state index contributed by atoms with van der Waals surface area (Å²) in [4.78, 5) is 20.9. The third-order valence-electron chi connectivity index (χ3n) is 8.06. The van der Waals surface area contributed by atoms with Crippen molar-refractivity contribution in [3.63, 3.8) is 0 Å². The van der Waals surface area contributed by atoms with E-state index in [0.717, 1.165) is 43.4 Å². The molecular weight excluding hydrogens is 401 g/mol. The second-order valence-electron chi connectivity index (χ2n) is 9.80. The van der Waals surface area contributed by atoms with E-state index in [1.165, 1.54) is 6.07 Å². The van der Waals surface area contributed by atoms with Gasteiger partial charge >= 0.3 is 5.97 Å². The zero-order valence-electron chi connectivity index (χ0n) is 17.2. The SMILES string of the molecule is O=C(O)CON1C2CC3CC1CC(C(O)CC1c4c(F)cccc4-c4cncn41)(C3)C2. The lowest BCUT2D eigenvalue weighted by molar-refractivity contribution is -0.290. The van der Waals surface area contributed by atoms with Crippen molar-refractivity contribution in [2.24, 2.45) is 11.3 Å². The van der Waals surface area contributed by atoms with Gasteiger partial charge in [-0.2, -0.15) is 5.06 Å². The molecule has 2 saturated heterocycles. The highest BCUT2D eigenvalue weighted by atomic mass is 19.1. The molecule has 0 radical (unpaired) electrons. The zero-order valence-corrected chi connectivity index (χ0v) is 17.2. The molecule has 0 spiro atoms. The number of hydrogen-bond acceptors (Lipinski definition) is 5. The summed E-state index contributed by atoms with van der Waals surface area (Å²) in [5.41, 5.74) is 2.17. The van der Waals surface area contributed by atoms with E-state index < -0.39 is 12.1 Å². The van der Waals surface area contributed by atoms with Crippen molar-refractivity contribution < 1.29 is 24.2 Å². The Morgan fingerprint density at radius 2 is 2.06 bits per heavy atom. The van der Waals surface area contributed by atoms with Crippen molar-refractivity contribution in [1.29, 1.82) is 0 Å². The van der Waals surface area contributed by atoms with Crippen LogP contribution in [0.1, 0.15) is 50.1 Å². The molecule has 164 valence electrons. The average Bonchev–Trinajstić information content (AvgIpc) is 3.30. The fraction of sp³-hybridized carbons (Fsp3) is 0.565. The smallest absolute Gasteiger partial charge is 0.331 e. The third-order valence-corrected chi connectivity index (χ3v) is 8.06. The molecule has 1 aromatic heterocycles. The Balaban J connectivity index is 1.26. The number of rotatable bonds is 6. The molecule has 2 aliphatic carbocycles. The van der Waals surface area contributed by atoms with E-state index >= 15 is 0 Å². The maximum atomic E-state index is 14.8. The van der Waals surface area contributed by atoms with Crippen molar-refractivity contribution >= 4 is 5.97 Å². The quantitative estimate of drug-likeness (QED) is 0.737. The molecule has 4 unspecified atom stereocenters. The lowest BCUT2D eigenvalue weighted by Gasteiger charge is -2.62. The number of piperidine rings is 2. The lowest BCUT2D eigenvalue weighted by Crippen LogP contribution is -2.64. The number of imidazole rings is 1. The van der Waals surface area contributed by atoms with Gasteiger partial charge in [0.2, 0.25) is 0 Å². The number of aliphatic carboxylic acids is 1. The highest BCUT2D eigenvalue weighted by molar-refractivity contribution is 5.69. The number of fused-ring (bicyclic) bond motifs is 3. The van der Waals surface area contributed by atoms with Gasteiger partial charge in [0.05, 0.1) is 30.4 Å². The van der Waals surface area contributed by atoms with Gasteiger partial charge in [0, 0.05) is 23.2 Å². The predicted octanol–water partition coefficient (Wildman–Crippen LogP) is 2.99.